The number of carbonyl (C=O) groups is 1. The SMILES string of the molecule is CCCS(=O)(=O)c1ccccc1C(=O)NCc1ccc(N2CCCCCC2)nc1. The van der Waals surface area contributed by atoms with Gasteiger partial charge >= 0.3 is 0 Å². The first kappa shape index (κ1) is 21.3. The summed E-state index contributed by atoms with van der Waals surface area (Å²) in [6.07, 6.45) is 7.22. The maximum atomic E-state index is 12.6. The fourth-order valence-corrected chi connectivity index (χ4v) is 5.13. The van der Waals surface area contributed by atoms with E-state index in [2.05, 4.69) is 15.2 Å². The van der Waals surface area contributed by atoms with Crippen molar-refractivity contribution in [2.24, 2.45) is 0 Å². The van der Waals surface area contributed by atoms with Crippen LogP contribution >= 0.6 is 0 Å². The second-order valence-electron chi connectivity index (χ2n) is 7.42. The predicted molar refractivity (Wildman–Crippen MR) is 115 cm³/mol. The summed E-state index contributed by atoms with van der Waals surface area (Å²) in [7, 11) is -3.47. The van der Waals surface area contributed by atoms with Gasteiger partial charge in [0.1, 0.15) is 5.82 Å². The summed E-state index contributed by atoms with van der Waals surface area (Å²) in [5, 5.41) is 2.82. The molecule has 1 fully saturated rings. The maximum Gasteiger partial charge on any atom is 0.252 e. The second kappa shape index (κ2) is 9.87. The number of carbonyl (C=O) groups excluding carboxylic acids is 1. The van der Waals surface area contributed by atoms with Gasteiger partial charge in [-0.25, -0.2) is 13.4 Å². The Bertz CT molecular complexity index is 919. The predicted octanol–water partition coefficient (Wildman–Crippen LogP) is 3.58. The Kier molecular flexibility index (Phi) is 7.25. The van der Waals surface area contributed by atoms with Crippen LogP contribution in [0.1, 0.15) is 54.9 Å². The number of pyridine rings is 1. The lowest BCUT2D eigenvalue weighted by Gasteiger charge is -2.21. The first-order valence-corrected chi connectivity index (χ1v) is 12.0. The number of benzene rings is 1. The molecular weight excluding hydrogens is 386 g/mol. The minimum absolute atomic E-state index is 0.0270. The van der Waals surface area contributed by atoms with Crippen molar-refractivity contribution >= 4 is 21.6 Å². The molecule has 1 aromatic carbocycles. The van der Waals surface area contributed by atoms with Gasteiger partial charge in [-0.15, -0.1) is 0 Å². The smallest absolute Gasteiger partial charge is 0.252 e. The van der Waals surface area contributed by atoms with E-state index in [1.54, 1.807) is 24.4 Å². The van der Waals surface area contributed by atoms with E-state index in [9.17, 15) is 13.2 Å². The molecule has 1 saturated heterocycles. The molecule has 0 saturated carbocycles. The van der Waals surface area contributed by atoms with E-state index < -0.39 is 15.7 Å². The molecule has 0 atom stereocenters. The van der Waals surface area contributed by atoms with E-state index in [0.29, 0.717) is 13.0 Å². The molecule has 2 aromatic rings. The highest BCUT2D eigenvalue weighted by atomic mass is 32.2. The molecule has 29 heavy (non-hydrogen) atoms. The molecule has 1 aromatic heterocycles. The van der Waals surface area contributed by atoms with Gasteiger partial charge in [0.2, 0.25) is 0 Å². The third-order valence-corrected chi connectivity index (χ3v) is 7.10. The fourth-order valence-electron chi connectivity index (χ4n) is 3.59. The first-order valence-electron chi connectivity index (χ1n) is 10.3. The number of sulfone groups is 1. The van der Waals surface area contributed by atoms with Gasteiger partial charge in [0.05, 0.1) is 16.2 Å². The Balaban J connectivity index is 1.65. The van der Waals surface area contributed by atoms with E-state index in [0.717, 1.165) is 24.5 Å². The van der Waals surface area contributed by atoms with Gasteiger partial charge in [-0.05, 0) is 43.0 Å². The zero-order valence-corrected chi connectivity index (χ0v) is 17.7. The number of aromatic nitrogens is 1. The molecule has 6 nitrogen and oxygen atoms in total. The summed E-state index contributed by atoms with van der Waals surface area (Å²) < 4.78 is 24.9. The lowest BCUT2D eigenvalue weighted by molar-refractivity contribution is 0.0947. The van der Waals surface area contributed by atoms with Crippen molar-refractivity contribution in [2.75, 3.05) is 23.7 Å². The van der Waals surface area contributed by atoms with Crippen molar-refractivity contribution in [3.8, 4) is 0 Å². The zero-order valence-electron chi connectivity index (χ0n) is 16.9. The van der Waals surface area contributed by atoms with Gasteiger partial charge in [-0.2, -0.15) is 0 Å². The monoisotopic (exact) mass is 415 g/mol. The molecule has 0 aliphatic carbocycles. The molecule has 0 radical (unpaired) electrons. The molecule has 1 aliphatic heterocycles. The summed E-state index contributed by atoms with van der Waals surface area (Å²) in [5.41, 5.74) is 1.07. The van der Waals surface area contributed by atoms with Gasteiger partial charge in [0.25, 0.3) is 5.91 Å². The average molecular weight is 416 g/mol. The highest BCUT2D eigenvalue weighted by molar-refractivity contribution is 7.91. The number of amides is 1. The van der Waals surface area contributed by atoms with Crippen LogP contribution in [0.5, 0.6) is 0 Å². The van der Waals surface area contributed by atoms with Crippen LogP contribution in [0.15, 0.2) is 47.5 Å². The number of anilines is 1. The Morgan fingerprint density at radius 2 is 1.79 bits per heavy atom. The van der Waals surface area contributed by atoms with E-state index in [4.69, 9.17) is 0 Å². The van der Waals surface area contributed by atoms with Gasteiger partial charge < -0.3 is 10.2 Å². The summed E-state index contributed by atoms with van der Waals surface area (Å²) in [4.78, 5) is 19.6. The normalized spacial score (nSPS) is 15.0. The third kappa shape index (κ3) is 5.56. The van der Waals surface area contributed by atoms with Crippen molar-refractivity contribution < 1.29 is 13.2 Å². The topological polar surface area (TPSA) is 79.4 Å². The van der Waals surface area contributed by atoms with E-state index in [1.165, 1.54) is 31.7 Å². The average Bonchev–Trinajstić information content (AvgIpc) is 3.02. The molecule has 1 N–H and O–H groups in total. The largest absolute Gasteiger partial charge is 0.357 e. The number of hydrogen-bond donors (Lipinski definition) is 1. The van der Waals surface area contributed by atoms with Crippen LogP contribution in [0.4, 0.5) is 5.82 Å². The molecule has 0 unspecified atom stereocenters. The van der Waals surface area contributed by atoms with Crippen LogP contribution in [0.2, 0.25) is 0 Å². The van der Waals surface area contributed by atoms with Crippen LogP contribution in [-0.2, 0) is 16.4 Å². The van der Waals surface area contributed by atoms with Crippen LogP contribution in [-0.4, -0.2) is 38.2 Å². The van der Waals surface area contributed by atoms with Gasteiger partial charge in [0.15, 0.2) is 9.84 Å². The van der Waals surface area contributed by atoms with Crippen molar-refractivity contribution in [3.05, 3.63) is 53.7 Å². The second-order valence-corrected chi connectivity index (χ2v) is 9.50. The Morgan fingerprint density at radius 1 is 1.07 bits per heavy atom. The van der Waals surface area contributed by atoms with E-state index >= 15 is 0 Å². The minimum atomic E-state index is -3.47. The summed E-state index contributed by atoms with van der Waals surface area (Å²) in [6.45, 7) is 4.18. The zero-order chi connectivity index (χ0) is 20.7. The summed E-state index contributed by atoms with van der Waals surface area (Å²) >= 11 is 0. The Morgan fingerprint density at radius 3 is 2.45 bits per heavy atom. The van der Waals surface area contributed by atoms with Crippen LogP contribution in [0.25, 0.3) is 0 Å². The lowest BCUT2D eigenvalue weighted by atomic mass is 10.2. The van der Waals surface area contributed by atoms with Crippen LogP contribution in [0.3, 0.4) is 0 Å². The molecule has 0 spiro atoms. The lowest BCUT2D eigenvalue weighted by Crippen LogP contribution is -2.26. The maximum absolute atomic E-state index is 12.6. The van der Waals surface area contributed by atoms with Crippen molar-refractivity contribution in [1.82, 2.24) is 10.3 Å². The Hall–Kier alpha value is -2.41. The van der Waals surface area contributed by atoms with Crippen molar-refractivity contribution in [1.29, 1.82) is 0 Å². The number of hydrogen-bond acceptors (Lipinski definition) is 5. The highest BCUT2D eigenvalue weighted by Crippen LogP contribution is 2.19. The third-order valence-electron chi connectivity index (χ3n) is 5.13. The molecule has 7 heteroatoms. The van der Waals surface area contributed by atoms with Crippen molar-refractivity contribution in [3.63, 3.8) is 0 Å². The van der Waals surface area contributed by atoms with E-state index in [-0.39, 0.29) is 16.2 Å². The summed E-state index contributed by atoms with van der Waals surface area (Å²) in [5.74, 6) is 0.606. The van der Waals surface area contributed by atoms with Crippen LogP contribution < -0.4 is 10.2 Å². The molecular formula is C22H29N3O3S. The molecule has 0 bridgehead atoms. The van der Waals surface area contributed by atoms with Gasteiger partial charge in [-0.3, -0.25) is 4.79 Å². The molecule has 3 rings (SSSR count). The summed E-state index contributed by atoms with van der Waals surface area (Å²) in [6, 6.07) is 10.3. The molecule has 2 heterocycles. The minimum Gasteiger partial charge on any atom is -0.357 e. The number of rotatable bonds is 7. The molecule has 1 aliphatic rings. The quantitative estimate of drug-likeness (QED) is 0.748. The first-order chi connectivity index (χ1) is 14.0. The highest BCUT2D eigenvalue weighted by Gasteiger charge is 2.21. The Labute approximate surface area is 173 Å². The van der Waals surface area contributed by atoms with Crippen molar-refractivity contribution in [2.45, 2.75) is 50.5 Å². The fraction of sp³-hybridized carbons (Fsp3) is 0.455. The van der Waals surface area contributed by atoms with E-state index in [1.807, 2.05) is 19.1 Å². The number of nitrogens with one attached hydrogen (secondary N) is 1. The van der Waals surface area contributed by atoms with Gasteiger partial charge in [-0.1, -0.05) is 38.0 Å². The number of nitrogens with zero attached hydrogens (tertiary/aromatic N) is 2. The molecule has 1 amide bonds. The van der Waals surface area contributed by atoms with Gasteiger partial charge in [0, 0.05) is 25.8 Å². The molecule has 156 valence electrons. The van der Waals surface area contributed by atoms with Crippen LogP contribution in [0, 0.1) is 0 Å². The standard InChI is InChI=1S/C22H29N3O3S/c1-2-15-29(27,28)20-10-6-5-9-19(20)22(26)24-17-18-11-12-21(23-16-18)25-13-7-3-4-8-14-25/h5-6,9-12,16H,2-4,7-8,13-15,17H2,1H3,(H,24,26).